The molecule has 1 saturated heterocycles. The molecule has 12 heteroatoms. The van der Waals surface area contributed by atoms with Crippen molar-refractivity contribution in [1.29, 1.82) is 0 Å². The van der Waals surface area contributed by atoms with E-state index in [9.17, 15) is 24.0 Å². The van der Waals surface area contributed by atoms with E-state index in [1.54, 1.807) is 0 Å². The summed E-state index contributed by atoms with van der Waals surface area (Å²) >= 11 is 0. The first-order valence-electron chi connectivity index (χ1n) is 9.26. The molecule has 1 aliphatic heterocycles. The molecule has 3 N–H and O–H groups in total. The molecule has 0 spiro atoms. The van der Waals surface area contributed by atoms with Gasteiger partial charge in [0.15, 0.2) is 18.5 Å². The van der Waals surface area contributed by atoms with Gasteiger partial charge in [0.2, 0.25) is 6.10 Å². The third-order valence-corrected chi connectivity index (χ3v) is 4.24. The number of aromatic nitrogens is 1. The summed E-state index contributed by atoms with van der Waals surface area (Å²) in [5, 5.41) is 8.65. The lowest BCUT2D eigenvalue weighted by Gasteiger charge is -2.21. The fraction of sp³-hybridized carbons (Fsp3) is 0.474. The molecule has 4 atom stereocenters. The minimum absolute atomic E-state index is 0.153. The highest BCUT2D eigenvalue weighted by Gasteiger charge is 2.54. The number of rotatable bonds is 9. The number of nitrogens with zero attached hydrogens (tertiary/aromatic N) is 1. The lowest BCUT2D eigenvalue weighted by Crippen LogP contribution is -2.48. The Labute approximate surface area is 176 Å². The van der Waals surface area contributed by atoms with Gasteiger partial charge in [-0.1, -0.05) is 0 Å². The number of carboxylic acids is 1. The van der Waals surface area contributed by atoms with Crippen molar-refractivity contribution in [3.05, 3.63) is 30.1 Å². The molecule has 12 nitrogen and oxygen atoms in total. The van der Waals surface area contributed by atoms with Crippen LogP contribution in [0.1, 0.15) is 43.3 Å². The van der Waals surface area contributed by atoms with Crippen molar-refractivity contribution in [2.24, 2.45) is 5.73 Å². The van der Waals surface area contributed by atoms with Crippen LogP contribution < -0.4 is 10.3 Å². The summed E-state index contributed by atoms with van der Waals surface area (Å²) in [6.45, 7) is 1.92. The number of carbonyl (C=O) groups excluding carboxylic acids is 4. The second kappa shape index (κ2) is 10.5. The Bertz CT molecular complexity index is 871. The quantitative estimate of drug-likeness (QED) is 0.283. The molecule has 1 amide bonds. The first kappa shape index (κ1) is 23.7. The third kappa shape index (κ3) is 6.74. The molecule has 2 rings (SSSR count). The molecule has 0 saturated carbocycles. The topological polar surface area (TPSA) is 172 Å². The van der Waals surface area contributed by atoms with E-state index in [4.69, 9.17) is 29.8 Å². The van der Waals surface area contributed by atoms with Gasteiger partial charge in [-0.2, -0.15) is 4.57 Å². The number of pyridine rings is 1. The number of aliphatic carboxylic acids is 1. The summed E-state index contributed by atoms with van der Waals surface area (Å²) < 4.78 is 22.9. The molecule has 0 bridgehead atoms. The van der Waals surface area contributed by atoms with E-state index in [0.29, 0.717) is 0 Å². The number of amides is 1. The first-order chi connectivity index (χ1) is 14.6. The van der Waals surface area contributed by atoms with Gasteiger partial charge in [-0.05, 0) is 6.07 Å². The summed E-state index contributed by atoms with van der Waals surface area (Å²) in [6, 6.07) is 2.99. The standard InChI is InChI=1S/C19H22N2O10/c1-10(22)29-16-13(9-28-15(26)6-5-14(24)25)31-19(17(16)30-11(2)23)21-7-3-4-12(8-21)18(20)27/h3-4,7-8,13,16-17,19H,5-6,9H2,1-2H3,(H2-,20,24,25,27)/p+1/t13-,16-,17-,19-/m1/s1. The maximum absolute atomic E-state index is 11.8. The number of carboxylic acid groups (broad SMARTS) is 1. The highest BCUT2D eigenvalue weighted by Crippen LogP contribution is 2.31. The molecule has 0 radical (unpaired) electrons. The smallest absolute Gasteiger partial charge is 0.306 e. The van der Waals surface area contributed by atoms with E-state index in [1.807, 2.05) is 0 Å². The second-order valence-electron chi connectivity index (χ2n) is 6.69. The van der Waals surface area contributed by atoms with Crippen molar-refractivity contribution < 1.29 is 52.6 Å². The molecule has 1 fully saturated rings. The maximum Gasteiger partial charge on any atom is 0.306 e. The second-order valence-corrected chi connectivity index (χ2v) is 6.69. The highest BCUT2D eigenvalue weighted by molar-refractivity contribution is 5.92. The Morgan fingerprint density at radius 3 is 2.32 bits per heavy atom. The molecule has 0 aliphatic carbocycles. The van der Waals surface area contributed by atoms with Crippen LogP contribution >= 0.6 is 0 Å². The Hall–Kier alpha value is -3.54. The average Bonchev–Trinajstić information content (AvgIpc) is 3.01. The third-order valence-electron chi connectivity index (χ3n) is 4.24. The molecular weight excluding hydrogens is 416 g/mol. The molecular formula is C19H23N2O10+. The lowest BCUT2D eigenvalue weighted by atomic mass is 10.1. The Balaban J connectivity index is 2.28. The predicted octanol–water partition coefficient (Wildman–Crippen LogP) is -0.758. The first-order valence-corrected chi connectivity index (χ1v) is 9.26. The number of carbonyl (C=O) groups is 5. The number of primary amides is 1. The van der Waals surface area contributed by atoms with Gasteiger partial charge in [-0.15, -0.1) is 0 Å². The fourth-order valence-electron chi connectivity index (χ4n) is 2.99. The zero-order chi connectivity index (χ0) is 23.1. The number of hydrogen-bond donors (Lipinski definition) is 2. The SMILES string of the molecule is CC(=O)O[C@@H]1[C@H](OC(C)=O)[C@@H](COC(=O)CCC(=O)O)O[C@H]1[n+]1cccc(C(N)=O)c1. The zero-order valence-electron chi connectivity index (χ0n) is 16.9. The van der Waals surface area contributed by atoms with Crippen LogP contribution in [-0.2, 0) is 38.1 Å². The number of nitrogens with two attached hydrogens (primary N) is 1. The molecule has 1 aromatic rings. The Morgan fingerprint density at radius 1 is 1.10 bits per heavy atom. The molecule has 2 heterocycles. The van der Waals surface area contributed by atoms with Crippen LogP contribution in [0.15, 0.2) is 24.5 Å². The molecule has 1 aliphatic rings. The van der Waals surface area contributed by atoms with Gasteiger partial charge >= 0.3 is 30.1 Å². The van der Waals surface area contributed by atoms with Gasteiger partial charge in [0.05, 0.1) is 12.8 Å². The Morgan fingerprint density at radius 2 is 1.74 bits per heavy atom. The fourth-order valence-corrected chi connectivity index (χ4v) is 2.99. The summed E-state index contributed by atoms with van der Waals surface area (Å²) in [5.74, 6) is -4.01. The van der Waals surface area contributed by atoms with Crippen molar-refractivity contribution in [3.63, 3.8) is 0 Å². The van der Waals surface area contributed by atoms with E-state index >= 15 is 0 Å². The van der Waals surface area contributed by atoms with E-state index in [0.717, 1.165) is 13.8 Å². The van der Waals surface area contributed by atoms with Crippen molar-refractivity contribution in [1.82, 2.24) is 0 Å². The molecule has 168 valence electrons. The summed E-state index contributed by atoms with van der Waals surface area (Å²) in [7, 11) is 0. The van der Waals surface area contributed by atoms with Gasteiger partial charge in [-0.3, -0.25) is 24.0 Å². The van der Waals surface area contributed by atoms with Crippen LogP contribution in [0, 0.1) is 0 Å². The van der Waals surface area contributed by atoms with Gasteiger partial charge in [0.25, 0.3) is 5.91 Å². The summed E-state index contributed by atoms with van der Waals surface area (Å²) in [4.78, 5) is 57.1. The van der Waals surface area contributed by atoms with Crippen LogP contribution in [0.4, 0.5) is 0 Å². The number of ether oxygens (including phenoxy) is 4. The van der Waals surface area contributed by atoms with Crippen LogP contribution in [0.2, 0.25) is 0 Å². The monoisotopic (exact) mass is 439 g/mol. The number of esters is 3. The molecule has 31 heavy (non-hydrogen) atoms. The largest absolute Gasteiger partial charge is 0.481 e. The Kier molecular flexibility index (Phi) is 8.02. The van der Waals surface area contributed by atoms with Crippen LogP contribution in [0.5, 0.6) is 0 Å². The van der Waals surface area contributed by atoms with E-state index < -0.39 is 60.7 Å². The molecule has 1 aromatic heterocycles. The van der Waals surface area contributed by atoms with E-state index in [1.165, 1.54) is 29.1 Å². The van der Waals surface area contributed by atoms with E-state index in [-0.39, 0.29) is 18.6 Å². The summed E-state index contributed by atoms with van der Waals surface area (Å²) in [6.07, 6.45) is -2.19. The van der Waals surface area contributed by atoms with Gasteiger partial charge < -0.3 is 29.8 Å². The van der Waals surface area contributed by atoms with Crippen LogP contribution in [0.3, 0.4) is 0 Å². The van der Waals surface area contributed by atoms with E-state index in [2.05, 4.69) is 0 Å². The minimum atomic E-state index is -1.16. The van der Waals surface area contributed by atoms with Crippen LogP contribution in [0.25, 0.3) is 0 Å². The van der Waals surface area contributed by atoms with Gasteiger partial charge in [-0.25, -0.2) is 0 Å². The average molecular weight is 439 g/mol. The molecule has 0 aromatic carbocycles. The maximum atomic E-state index is 11.8. The lowest BCUT2D eigenvalue weighted by molar-refractivity contribution is -0.765. The van der Waals surface area contributed by atoms with Gasteiger partial charge in [0.1, 0.15) is 18.3 Å². The van der Waals surface area contributed by atoms with Crippen molar-refractivity contribution in [3.8, 4) is 0 Å². The van der Waals surface area contributed by atoms with Crippen LogP contribution in [-0.4, -0.2) is 59.8 Å². The van der Waals surface area contributed by atoms with Crippen molar-refractivity contribution in [2.45, 2.75) is 51.2 Å². The van der Waals surface area contributed by atoms with Gasteiger partial charge in [0, 0.05) is 19.9 Å². The predicted molar refractivity (Wildman–Crippen MR) is 98.0 cm³/mol. The normalized spacial score (nSPS) is 22.4. The minimum Gasteiger partial charge on any atom is -0.481 e. The summed E-state index contributed by atoms with van der Waals surface area (Å²) in [5.41, 5.74) is 5.45. The zero-order valence-corrected chi connectivity index (χ0v) is 16.9. The molecule has 0 unspecified atom stereocenters. The van der Waals surface area contributed by atoms with Crippen molar-refractivity contribution >= 4 is 29.8 Å². The van der Waals surface area contributed by atoms with Crippen molar-refractivity contribution in [2.75, 3.05) is 6.61 Å². The number of hydrogen-bond acceptors (Lipinski definition) is 9. The highest BCUT2D eigenvalue weighted by atomic mass is 16.7.